The van der Waals surface area contributed by atoms with Crippen LogP contribution in [0.1, 0.15) is 50.2 Å². The van der Waals surface area contributed by atoms with Crippen LogP contribution in [0.2, 0.25) is 0 Å². The molecule has 4 nitrogen and oxygen atoms in total. The van der Waals surface area contributed by atoms with Crippen LogP contribution in [0, 0.1) is 3.57 Å². The smallest absolute Gasteiger partial charge is 0.303 e. The fraction of sp³-hybridized carbons (Fsp3) is 0.316. The van der Waals surface area contributed by atoms with Gasteiger partial charge in [0.2, 0.25) is 0 Å². The number of carboxylic acids is 1. The normalized spacial score (nSPS) is 12.3. The number of carbonyl (C=O) groups is 1. The Morgan fingerprint density at radius 2 is 1.73 bits per heavy atom. The molecule has 140 valence electrons. The van der Waals surface area contributed by atoms with Crippen molar-refractivity contribution in [2.45, 2.75) is 39.0 Å². The number of aliphatic carboxylic acids is 1. The first-order chi connectivity index (χ1) is 12.1. The van der Waals surface area contributed by atoms with Gasteiger partial charge in [-0.15, -0.1) is 0 Å². The lowest BCUT2D eigenvalue weighted by Gasteiger charge is -2.17. The molecule has 0 aromatic heterocycles. The van der Waals surface area contributed by atoms with Gasteiger partial charge in [0.05, 0.1) is 18.9 Å². The van der Waals surface area contributed by atoms with Crippen molar-refractivity contribution in [3.8, 4) is 17.2 Å². The maximum Gasteiger partial charge on any atom is 0.303 e. The van der Waals surface area contributed by atoms with Crippen molar-refractivity contribution < 1.29 is 19.7 Å². The maximum atomic E-state index is 10.9. The van der Waals surface area contributed by atoms with Gasteiger partial charge < -0.3 is 14.9 Å². The van der Waals surface area contributed by atoms with E-state index in [-0.39, 0.29) is 24.0 Å². The number of carboxylic acid groups (broad SMARTS) is 1. The summed E-state index contributed by atoms with van der Waals surface area (Å²) in [5, 5.41) is 19.2. The molecule has 0 aliphatic carbocycles. The van der Waals surface area contributed by atoms with Crippen LogP contribution in [0.15, 0.2) is 33.2 Å². The van der Waals surface area contributed by atoms with Crippen LogP contribution in [0.25, 0.3) is 0 Å². The number of rotatable bonds is 6. The monoisotopic (exact) mass is 596 g/mol. The Morgan fingerprint density at radius 3 is 2.23 bits per heavy atom. The van der Waals surface area contributed by atoms with Crippen molar-refractivity contribution in [3.63, 3.8) is 0 Å². The van der Waals surface area contributed by atoms with E-state index >= 15 is 0 Å². The molecule has 2 aromatic rings. The SMILES string of the molecule is CC(C)c1cc(Oc2c(Br)cc(C(C)CC(=O)O)cc2Br)cc(I)c1O. The number of hydrogen-bond donors (Lipinski definition) is 2. The third kappa shape index (κ3) is 5.13. The molecular weight excluding hydrogens is 579 g/mol. The molecule has 26 heavy (non-hydrogen) atoms. The van der Waals surface area contributed by atoms with E-state index in [1.54, 1.807) is 6.07 Å². The Hall–Kier alpha value is -0.800. The summed E-state index contributed by atoms with van der Waals surface area (Å²) in [7, 11) is 0. The van der Waals surface area contributed by atoms with Gasteiger partial charge in [0, 0.05) is 5.56 Å². The highest BCUT2D eigenvalue weighted by molar-refractivity contribution is 14.1. The number of benzene rings is 2. The largest absolute Gasteiger partial charge is 0.507 e. The summed E-state index contributed by atoms with van der Waals surface area (Å²) in [5.41, 5.74) is 1.73. The van der Waals surface area contributed by atoms with Gasteiger partial charge in [-0.25, -0.2) is 0 Å². The fourth-order valence-corrected chi connectivity index (χ4v) is 4.55. The summed E-state index contributed by atoms with van der Waals surface area (Å²) < 4.78 is 8.24. The van der Waals surface area contributed by atoms with E-state index in [9.17, 15) is 9.90 Å². The van der Waals surface area contributed by atoms with Gasteiger partial charge in [0.1, 0.15) is 11.5 Å². The molecule has 0 spiro atoms. The molecule has 0 saturated carbocycles. The molecule has 1 unspecified atom stereocenters. The Kier molecular flexibility index (Phi) is 7.38. The van der Waals surface area contributed by atoms with Gasteiger partial charge in [-0.3, -0.25) is 4.79 Å². The molecule has 2 N–H and O–H groups in total. The van der Waals surface area contributed by atoms with Crippen molar-refractivity contribution in [3.05, 3.63) is 47.9 Å². The van der Waals surface area contributed by atoms with Crippen LogP contribution >= 0.6 is 54.5 Å². The van der Waals surface area contributed by atoms with Crippen LogP contribution in [0.5, 0.6) is 17.2 Å². The Bertz CT molecular complexity index is 814. The summed E-state index contributed by atoms with van der Waals surface area (Å²) >= 11 is 9.12. The van der Waals surface area contributed by atoms with E-state index in [1.807, 2.05) is 39.0 Å². The van der Waals surface area contributed by atoms with Crippen LogP contribution in [-0.4, -0.2) is 16.2 Å². The first kappa shape index (κ1) is 21.5. The Balaban J connectivity index is 2.37. The lowest BCUT2D eigenvalue weighted by Crippen LogP contribution is -2.03. The van der Waals surface area contributed by atoms with E-state index < -0.39 is 5.97 Å². The van der Waals surface area contributed by atoms with Crippen molar-refractivity contribution in [2.24, 2.45) is 0 Å². The summed E-state index contributed by atoms with van der Waals surface area (Å²) in [4.78, 5) is 10.9. The second kappa shape index (κ2) is 8.93. The number of hydrogen-bond acceptors (Lipinski definition) is 3. The highest BCUT2D eigenvalue weighted by Crippen LogP contribution is 2.42. The molecule has 0 heterocycles. The Labute approximate surface area is 183 Å². The lowest BCUT2D eigenvalue weighted by molar-refractivity contribution is -0.137. The fourth-order valence-electron chi connectivity index (χ4n) is 2.55. The zero-order valence-corrected chi connectivity index (χ0v) is 19.8. The molecule has 7 heteroatoms. The van der Waals surface area contributed by atoms with Gasteiger partial charge in [-0.05, 0) is 96.1 Å². The van der Waals surface area contributed by atoms with Gasteiger partial charge >= 0.3 is 5.97 Å². The molecule has 0 saturated heterocycles. The summed E-state index contributed by atoms with van der Waals surface area (Å²) in [6.45, 7) is 5.90. The van der Waals surface area contributed by atoms with Crippen LogP contribution in [0.3, 0.4) is 0 Å². The van der Waals surface area contributed by atoms with Gasteiger partial charge in [-0.1, -0.05) is 20.8 Å². The molecular formula is C19H19Br2IO4. The molecule has 0 fully saturated rings. The minimum atomic E-state index is -0.829. The van der Waals surface area contributed by atoms with Crippen LogP contribution in [0.4, 0.5) is 0 Å². The van der Waals surface area contributed by atoms with Crippen LogP contribution < -0.4 is 4.74 Å². The van der Waals surface area contributed by atoms with Crippen molar-refractivity contribution in [1.29, 1.82) is 0 Å². The van der Waals surface area contributed by atoms with Crippen molar-refractivity contribution in [1.82, 2.24) is 0 Å². The topological polar surface area (TPSA) is 66.8 Å². The van der Waals surface area contributed by atoms with E-state index in [1.165, 1.54) is 0 Å². The second-order valence-corrected chi connectivity index (χ2v) is 9.28. The summed E-state index contributed by atoms with van der Waals surface area (Å²) in [5.74, 6) is 0.736. The van der Waals surface area contributed by atoms with Gasteiger partial charge in [-0.2, -0.15) is 0 Å². The molecule has 1 atom stereocenters. The molecule has 0 aliphatic rings. The third-order valence-electron chi connectivity index (χ3n) is 3.98. The summed E-state index contributed by atoms with van der Waals surface area (Å²) in [6.07, 6.45) is 0.0625. The zero-order valence-electron chi connectivity index (χ0n) is 14.5. The van der Waals surface area contributed by atoms with E-state index in [0.717, 1.165) is 23.6 Å². The van der Waals surface area contributed by atoms with Crippen LogP contribution in [-0.2, 0) is 4.79 Å². The average molecular weight is 598 g/mol. The molecule has 0 bridgehead atoms. The third-order valence-corrected chi connectivity index (χ3v) is 5.98. The maximum absolute atomic E-state index is 10.9. The highest BCUT2D eigenvalue weighted by atomic mass is 127. The molecule has 2 aromatic carbocycles. The first-order valence-electron chi connectivity index (χ1n) is 8.01. The van der Waals surface area contributed by atoms with Gasteiger partial charge in [0.25, 0.3) is 0 Å². The molecule has 0 aliphatic heterocycles. The summed E-state index contributed by atoms with van der Waals surface area (Å²) in [6, 6.07) is 7.37. The van der Waals surface area contributed by atoms with E-state index in [0.29, 0.717) is 11.5 Å². The molecule has 2 rings (SSSR count). The second-order valence-electron chi connectivity index (χ2n) is 6.41. The van der Waals surface area contributed by atoms with E-state index in [4.69, 9.17) is 9.84 Å². The number of ether oxygens (including phenoxy) is 1. The number of phenolic OH excluding ortho intramolecular Hbond substituents is 1. The number of halogens is 3. The molecule has 0 radical (unpaired) electrons. The van der Waals surface area contributed by atoms with Crippen molar-refractivity contribution in [2.75, 3.05) is 0 Å². The quantitative estimate of drug-likeness (QED) is 0.351. The first-order valence-corrected chi connectivity index (χ1v) is 10.7. The van der Waals surface area contributed by atoms with Gasteiger partial charge in [0.15, 0.2) is 5.75 Å². The predicted molar refractivity (Wildman–Crippen MR) is 117 cm³/mol. The number of phenols is 1. The Morgan fingerprint density at radius 1 is 1.15 bits per heavy atom. The standard InChI is InChI=1S/C19H19Br2IO4/c1-9(2)13-7-12(8-16(22)18(13)25)26-19-14(20)5-11(6-15(19)21)10(3)4-17(23)24/h5-10,25H,4H2,1-3H3,(H,23,24). The highest BCUT2D eigenvalue weighted by Gasteiger charge is 2.18. The molecule has 0 amide bonds. The number of aromatic hydroxyl groups is 1. The average Bonchev–Trinajstić information content (AvgIpc) is 2.52. The minimum Gasteiger partial charge on any atom is -0.507 e. The van der Waals surface area contributed by atoms with Crippen molar-refractivity contribution >= 4 is 60.4 Å². The minimum absolute atomic E-state index is 0.0625. The predicted octanol–water partition coefficient (Wildman–Crippen LogP) is 7.02. The van der Waals surface area contributed by atoms with E-state index in [2.05, 4.69) is 54.5 Å². The zero-order chi connectivity index (χ0) is 19.6. The lowest BCUT2D eigenvalue weighted by atomic mass is 9.98.